The second kappa shape index (κ2) is 5.87. The van der Waals surface area contributed by atoms with E-state index in [0.717, 1.165) is 36.1 Å². The molecule has 0 spiro atoms. The second-order valence-electron chi connectivity index (χ2n) is 4.91. The first kappa shape index (κ1) is 13.6. The largest absolute Gasteiger partial charge is 0.478 e. The van der Waals surface area contributed by atoms with Crippen LogP contribution in [0.25, 0.3) is 0 Å². The molecule has 0 aliphatic heterocycles. The third-order valence-corrected chi connectivity index (χ3v) is 3.40. The number of aromatic carboxylic acids is 1. The van der Waals surface area contributed by atoms with Crippen LogP contribution in [0.15, 0.2) is 23.4 Å². The monoisotopic (exact) mass is 261 g/mol. The zero-order valence-electron chi connectivity index (χ0n) is 11.3. The number of carboxylic acid groups (broad SMARTS) is 1. The maximum Gasteiger partial charge on any atom is 0.336 e. The van der Waals surface area contributed by atoms with Gasteiger partial charge in [-0.2, -0.15) is 0 Å². The van der Waals surface area contributed by atoms with Crippen molar-refractivity contribution in [2.75, 3.05) is 0 Å². The van der Waals surface area contributed by atoms with Gasteiger partial charge < -0.3 is 9.94 Å². The highest BCUT2D eigenvalue weighted by molar-refractivity contribution is 5.89. The van der Waals surface area contributed by atoms with Crippen molar-refractivity contribution in [3.8, 4) is 0 Å². The molecule has 102 valence electrons. The predicted octanol–water partition coefficient (Wildman–Crippen LogP) is 3.56. The lowest BCUT2D eigenvalue weighted by Crippen LogP contribution is -2.06. The van der Waals surface area contributed by atoms with Crippen LogP contribution in [0.5, 0.6) is 0 Å². The summed E-state index contributed by atoms with van der Waals surface area (Å²) in [4.78, 5) is 16.6. The van der Waals surface area contributed by atoms with Crippen LogP contribution in [-0.2, 0) is 11.4 Å². The van der Waals surface area contributed by atoms with Crippen molar-refractivity contribution in [3.63, 3.8) is 0 Å². The van der Waals surface area contributed by atoms with Gasteiger partial charge in [-0.3, -0.25) is 0 Å². The first-order valence-corrected chi connectivity index (χ1v) is 6.64. The number of rotatable bonds is 6. The SMILES string of the molecule is CCC(C)=NOCc1c(C(=O)O)cccc1C1CC1. The van der Waals surface area contributed by atoms with Crippen molar-refractivity contribution in [2.45, 2.75) is 45.6 Å². The van der Waals surface area contributed by atoms with Crippen molar-refractivity contribution >= 4 is 11.7 Å². The summed E-state index contributed by atoms with van der Waals surface area (Å²) in [6, 6.07) is 5.43. The van der Waals surface area contributed by atoms with Crippen molar-refractivity contribution in [3.05, 3.63) is 34.9 Å². The maximum atomic E-state index is 11.3. The Bertz CT molecular complexity index is 504. The van der Waals surface area contributed by atoms with Gasteiger partial charge in [-0.25, -0.2) is 4.79 Å². The normalized spacial score (nSPS) is 15.4. The lowest BCUT2D eigenvalue weighted by molar-refractivity contribution is 0.0688. The third kappa shape index (κ3) is 3.34. The van der Waals surface area contributed by atoms with Crippen molar-refractivity contribution in [1.29, 1.82) is 0 Å². The van der Waals surface area contributed by atoms with Gasteiger partial charge in [0.05, 0.1) is 11.3 Å². The summed E-state index contributed by atoms with van der Waals surface area (Å²) < 4.78 is 0. The topological polar surface area (TPSA) is 58.9 Å². The number of carbonyl (C=O) groups is 1. The van der Waals surface area contributed by atoms with E-state index >= 15 is 0 Å². The van der Waals surface area contributed by atoms with Crippen LogP contribution >= 0.6 is 0 Å². The third-order valence-electron chi connectivity index (χ3n) is 3.40. The van der Waals surface area contributed by atoms with Gasteiger partial charge in [0.1, 0.15) is 6.61 Å². The lowest BCUT2D eigenvalue weighted by atomic mass is 9.98. The Morgan fingerprint density at radius 2 is 2.21 bits per heavy atom. The summed E-state index contributed by atoms with van der Waals surface area (Å²) in [5.74, 6) is -0.411. The Morgan fingerprint density at radius 1 is 1.47 bits per heavy atom. The number of hydrogen-bond donors (Lipinski definition) is 1. The number of carboxylic acids is 1. The first-order chi connectivity index (χ1) is 9.13. The molecule has 0 unspecified atom stereocenters. The molecular weight excluding hydrogens is 242 g/mol. The molecule has 4 nitrogen and oxygen atoms in total. The van der Waals surface area contributed by atoms with Crippen LogP contribution in [0.3, 0.4) is 0 Å². The fourth-order valence-corrected chi connectivity index (χ4v) is 2.01. The lowest BCUT2D eigenvalue weighted by Gasteiger charge is -2.11. The minimum atomic E-state index is -0.905. The van der Waals surface area contributed by atoms with Gasteiger partial charge in [0.15, 0.2) is 0 Å². The Balaban J connectivity index is 2.22. The van der Waals surface area contributed by atoms with Gasteiger partial charge in [0, 0.05) is 5.56 Å². The smallest absolute Gasteiger partial charge is 0.336 e. The Kier molecular flexibility index (Phi) is 4.20. The highest BCUT2D eigenvalue weighted by Crippen LogP contribution is 2.42. The molecule has 19 heavy (non-hydrogen) atoms. The molecule has 0 radical (unpaired) electrons. The van der Waals surface area contributed by atoms with Gasteiger partial charge in [-0.1, -0.05) is 24.2 Å². The molecule has 1 N–H and O–H groups in total. The van der Waals surface area contributed by atoms with E-state index in [-0.39, 0.29) is 6.61 Å². The summed E-state index contributed by atoms with van der Waals surface area (Å²) in [7, 11) is 0. The molecule has 0 atom stereocenters. The molecule has 1 saturated carbocycles. The van der Waals surface area contributed by atoms with Crippen LogP contribution in [0.2, 0.25) is 0 Å². The standard InChI is InChI=1S/C15H19NO3/c1-3-10(2)16-19-9-14-12(11-7-8-11)5-4-6-13(14)15(17)18/h4-6,11H,3,7-9H2,1-2H3,(H,17,18). The highest BCUT2D eigenvalue weighted by Gasteiger charge is 2.28. The minimum absolute atomic E-state index is 0.228. The summed E-state index contributed by atoms with van der Waals surface area (Å²) in [6.07, 6.45) is 3.09. The summed E-state index contributed by atoms with van der Waals surface area (Å²) in [5, 5.41) is 13.2. The summed E-state index contributed by atoms with van der Waals surface area (Å²) in [6.45, 7) is 4.12. The summed E-state index contributed by atoms with van der Waals surface area (Å²) >= 11 is 0. The van der Waals surface area contributed by atoms with Crippen LogP contribution < -0.4 is 0 Å². The van der Waals surface area contributed by atoms with Crippen LogP contribution in [0.1, 0.15) is 60.5 Å². The quantitative estimate of drug-likeness (QED) is 0.629. The van der Waals surface area contributed by atoms with Gasteiger partial charge >= 0.3 is 5.97 Å². The predicted molar refractivity (Wildman–Crippen MR) is 73.6 cm³/mol. The fourth-order valence-electron chi connectivity index (χ4n) is 2.01. The van der Waals surface area contributed by atoms with E-state index in [1.54, 1.807) is 12.1 Å². The molecule has 0 aromatic heterocycles. The van der Waals surface area contributed by atoms with Gasteiger partial charge in [-0.05, 0) is 43.7 Å². The first-order valence-electron chi connectivity index (χ1n) is 6.64. The number of hydrogen-bond acceptors (Lipinski definition) is 3. The van der Waals surface area contributed by atoms with Crippen molar-refractivity contribution in [1.82, 2.24) is 0 Å². The molecule has 1 aliphatic carbocycles. The zero-order valence-corrected chi connectivity index (χ0v) is 11.3. The molecule has 4 heteroatoms. The fraction of sp³-hybridized carbons (Fsp3) is 0.467. The Hall–Kier alpha value is -1.84. The molecule has 0 saturated heterocycles. The zero-order chi connectivity index (χ0) is 13.8. The van der Waals surface area contributed by atoms with Gasteiger partial charge in [0.25, 0.3) is 0 Å². The van der Waals surface area contributed by atoms with E-state index in [2.05, 4.69) is 5.16 Å². The molecule has 1 aliphatic rings. The van der Waals surface area contributed by atoms with Crippen LogP contribution in [-0.4, -0.2) is 16.8 Å². The molecule has 1 aromatic rings. The average molecular weight is 261 g/mol. The van der Waals surface area contributed by atoms with Crippen molar-refractivity contribution < 1.29 is 14.7 Å². The molecular formula is C15H19NO3. The molecule has 0 heterocycles. The van der Waals surface area contributed by atoms with Crippen LogP contribution in [0.4, 0.5) is 0 Å². The van der Waals surface area contributed by atoms with E-state index < -0.39 is 5.97 Å². The number of nitrogens with zero attached hydrogens (tertiary/aromatic N) is 1. The van der Waals surface area contributed by atoms with Crippen LogP contribution in [0, 0.1) is 0 Å². The average Bonchev–Trinajstić information content (AvgIpc) is 3.22. The number of benzene rings is 1. The Morgan fingerprint density at radius 3 is 2.79 bits per heavy atom. The molecule has 0 bridgehead atoms. The molecule has 1 fully saturated rings. The van der Waals surface area contributed by atoms with Gasteiger partial charge in [0.2, 0.25) is 0 Å². The van der Waals surface area contributed by atoms with E-state index in [4.69, 9.17) is 4.84 Å². The summed E-state index contributed by atoms with van der Waals surface area (Å²) in [5.41, 5.74) is 3.10. The van der Waals surface area contributed by atoms with E-state index in [1.165, 1.54) is 0 Å². The Labute approximate surface area is 113 Å². The van der Waals surface area contributed by atoms with E-state index in [9.17, 15) is 9.90 Å². The second-order valence-corrected chi connectivity index (χ2v) is 4.91. The minimum Gasteiger partial charge on any atom is -0.478 e. The van der Waals surface area contributed by atoms with E-state index in [0.29, 0.717) is 11.5 Å². The number of oxime groups is 1. The molecule has 0 amide bonds. The highest BCUT2D eigenvalue weighted by atomic mass is 16.6. The van der Waals surface area contributed by atoms with Crippen molar-refractivity contribution in [2.24, 2.45) is 5.16 Å². The van der Waals surface area contributed by atoms with Gasteiger partial charge in [-0.15, -0.1) is 0 Å². The molecule has 1 aromatic carbocycles. The molecule has 2 rings (SSSR count). The maximum absolute atomic E-state index is 11.3. The van der Waals surface area contributed by atoms with E-state index in [1.807, 2.05) is 19.9 Å².